The van der Waals surface area contributed by atoms with Crippen LogP contribution in [0.1, 0.15) is 5.89 Å². The zero-order valence-corrected chi connectivity index (χ0v) is 18.3. The van der Waals surface area contributed by atoms with Gasteiger partial charge < -0.3 is 4.42 Å². The van der Waals surface area contributed by atoms with E-state index in [1.807, 2.05) is 36.0 Å². The minimum Gasteiger partial charge on any atom is -0.420 e. The van der Waals surface area contributed by atoms with Crippen LogP contribution >= 0.6 is 23.4 Å². The molecule has 2 rings (SSSR count). The van der Waals surface area contributed by atoms with Gasteiger partial charge in [-0.05, 0) is 28.8 Å². The minimum atomic E-state index is -1.22. The highest BCUT2D eigenvalue weighted by Crippen LogP contribution is 2.33. The smallest absolute Gasteiger partial charge is 0.247 e. The first-order valence-electron chi connectivity index (χ1n) is 7.77. The molecule has 0 saturated carbocycles. The van der Waals surface area contributed by atoms with Crippen LogP contribution in [0.3, 0.4) is 0 Å². The fourth-order valence-corrected chi connectivity index (χ4v) is 18.4. The largest absolute Gasteiger partial charge is 0.420 e. The van der Waals surface area contributed by atoms with E-state index < -0.39 is 16.1 Å². The van der Waals surface area contributed by atoms with Crippen molar-refractivity contribution >= 4 is 39.5 Å². The van der Waals surface area contributed by atoms with E-state index in [1.165, 1.54) is 0 Å². The summed E-state index contributed by atoms with van der Waals surface area (Å²) in [6.07, 6.45) is 0. The van der Waals surface area contributed by atoms with Crippen molar-refractivity contribution in [1.29, 1.82) is 0 Å². The van der Waals surface area contributed by atoms with E-state index in [-0.39, 0.29) is 0 Å². The molecule has 3 nitrogen and oxygen atoms in total. The van der Waals surface area contributed by atoms with Crippen molar-refractivity contribution in [3.8, 4) is 11.5 Å². The van der Waals surface area contributed by atoms with Gasteiger partial charge in [0.25, 0.3) is 0 Å². The first-order valence-corrected chi connectivity index (χ1v) is 16.4. The second kappa shape index (κ2) is 7.13. The number of aromatic nitrogens is 2. The molecule has 0 aliphatic heterocycles. The van der Waals surface area contributed by atoms with Crippen molar-refractivity contribution < 1.29 is 4.42 Å². The molecule has 0 N–H and O–H groups in total. The first kappa shape index (κ1) is 18.8. The molecule has 126 valence electrons. The van der Waals surface area contributed by atoms with Gasteiger partial charge in [0.05, 0.1) is 21.9 Å². The van der Waals surface area contributed by atoms with Crippen LogP contribution in [0.25, 0.3) is 11.5 Å². The molecule has 2 aromatic rings. The summed E-state index contributed by atoms with van der Waals surface area (Å²) in [6.45, 7) is 14.7. The standard InChI is InChI=1S/C16H25ClN2OSSi2/c1-22(2,3)16(23(4,5)6)21-11-14-18-19-15(20-14)12-7-9-13(17)10-8-12/h7-10,16H,11H2,1-6H3. The van der Waals surface area contributed by atoms with Gasteiger partial charge in [-0.15, -0.1) is 10.2 Å². The number of nitrogens with zero attached hydrogens (tertiary/aromatic N) is 2. The van der Waals surface area contributed by atoms with Crippen LogP contribution in [0.4, 0.5) is 0 Å². The van der Waals surface area contributed by atoms with Gasteiger partial charge in [0, 0.05) is 10.6 Å². The Morgan fingerprint density at radius 1 is 1.00 bits per heavy atom. The third kappa shape index (κ3) is 5.21. The third-order valence-electron chi connectivity index (χ3n) is 3.50. The lowest BCUT2D eigenvalue weighted by Gasteiger charge is -2.37. The van der Waals surface area contributed by atoms with E-state index in [9.17, 15) is 0 Å². The molecule has 0 bridgehead atoms. The predicted octanol–water partition coefficient (Wildman–Crippen LogP) is 5.75. The topological polar surface area (TPSA) is 38.9 Å². The highest BCUT2D eigenvalue weighted by atomic mass is 35.5. The Hall–Kier alpha value is -0.566. The number of halogens is 1. The van der Waals surface area contributed by atoms with Crippen LogP contribution in [0.5, 0.6) is 0 Å². The van der Waals surface area contributed by atoms with Gasteiger partial charge in [-0.3, -0.25) is 0 Å². The summed E-state index contributed by atoms with van der Waals surface area (Å²) in [4.78, 5) is 0. The Bertz CT molecular complexity index is 633. The van der Waals surface area contributed by atoms with Gasteiger partial charge in [-0.2, -0.15) is 11.8 Å². The summed E-state index contributed by atoms with van der Waals surface area (Å²) in [5.41, 5.74) is 0.907. The molecule has 0 amide bonds. The van der Waals surface area contributed by atoms with E-state index in [0.717, 1.165) is 15.8 Å². The number of thioether (sulfide) groups is 1. The van der Waals surface area contributed by atoms with Crippen molar-refractivity contribution in [2.24, 2.45) is 0 Å². The van der Waals surface area contributed by atoms with E-state index in [2.05, 4.69) is 49.5 Å². The van der Waals surface area contributed by atoms with Gasteiger partial charge in [0.2, 0.25) is 11.8 Å². The maximum atomic E-state index is 5.91. The predicted molar refractivity (Wildman–Crippen MR) is 107 cm³/mol. The number of benzene rings is 1. The molecule has 1 heterocycles. The quantitative estimate of drug-likeness (QED) is 0.594. The average Bonchev–Trinajstić information content (AvgIpc) is 2.85. The SMILES string of the molecule is C[Si](C)(C)C(SCc1nnc(-c2ccc(Cl)cc2)o1)[Si](C)(C)C. The van der Waals surface area contributed by atoms with Crippen LogP contribution in [-0.2, 0) is 5.75 Å². The molecular weight excluding hydrogens is 360 g/mol. The summed E-state index contributed by atoms with van der Waals surface area (Å²) in [7, 11) is -2.44. The zero-order chi connectivity index (χ0) is 17.3. The van der Waals surface area contributed by atoms with Gasteiger partial charge >= 0.3 is 0 Å². The van der Waals surface area contributed by atoms with Crippen molar-refractivity contribution in [3.63, 3.8) is 0 Å². The Morgan fingerprint density at radius 3 is 2.09 bits per heavy atom. The lowest BCUT2D eigenvalue weighted by Crippen LogP contribution is -2.51. The highest BCUT2D eigenvalue weighted by Gasteiger charge is 2.38. The van der Waals surface area contributed by atoms with E-state index in [1.54, 1.807) is 0 Å². The number of hydrogen-bond donors (Lipinski definition) is 0. The molecule has 0 saturated heterocycles. The maximum Gasteiger partial charge on any atom is 0.247 e. The Balaban J connectivity index is 2.08. The molecule has 1 aromatic heterocycles. The summed E-state index contributed by atoms with van der Waals surface area (Å²) in [5.74, 6) is 2.07. The van der Waals surface area contributed by atoms with Gasteiger partial charge in [0.1, 0.15) is 0 Å². The molecule has 0 aliphatic rings. The Labute approximate surface area is 150 Å². The normalized spacial score (nSPS) is 12.9. The van der Waals surface area contributed by atoms with Crippen molar-refractivity contribution in [3.05, 3.63) is 35.2 Å². The lowest BCUT2D eigenvalue weighted by atomic mass is 10.2. The second-order valence-electron chi connectivity index (χ2n) is 7.93. The van der Waals surface area contributed by atoms with Crippen molar-refractivity contribution in [2.45, 2.75) is 49.5 Å². The Morgan fingerprint density at radius 2 is 1.57 bits per heavy atom. The fraction of sp³-hybridized carbons (Fsp3) is 0.500. The number of rotatable bonds is 6. The monoisotopic (exact) mass is 384 g/mol. The van der Waals surface area contributed by atoms with Gasteiger partial charge in [0.15, 0.2) is 0 Å². The zero-order valence-electron chi connectivity index (χ0n) is 14.7. The molecule has 0 spiro atoms. The van der Waals surface area contributed by atoms with Crippen LogP contribution in [0.2, 0.25) is 44.3 Å². The molecule has 0 unspecified atom stereocenters. The van der Waals surface area contributed by atoms with E-state index >= 15 is 0 Å². The van der Waals surface area contributed by atoms with Gasteiger partial charge in [-0.1, -0.05) is 50.9 Å². The average molecular weight is 385 g/mol. The first-order chi connectivity index (χ1) is 10.6. The molecule has 1 aromatic carbocycles. The van der Waals surface area contributed by atoms with Crippen molar-refractivity contribution in [1.82, 2.24) is 10.2 Å². The molecule has 0 radical (unpaired) electrons. The van der Waals surface area contributed by atoms with E-state index in [0.29, 0.717) is 16.8 Å². The third-order valence-corrected chi connectivity index (χ3v) is 18.1. The molecule has 7 heteroatoms. The van der Waals surface area contributed by atoms with E-state index in [4.69, 9.17) is 16.0 Å². The maximum absolute atomic E-state index is 5.91. The molecule has 0 aliphatic carbocycles. The minimum absolute atomic E-state index is 0.565. The van der Waals surface area contributed by atoms with Crippen LogP contribution in [0.15, 0.2) is 28.7 Å². The Kier molecular flexibility index (Phi) is 5.82. The van der Waals surface area contributed by atoms with Crippen LogP contribution in [0, 0.1) is 0 Å². The fourth-order valence-electron chi connectivity index (χ4n) is 2.97. The summed E-state index contributed by atoms with van der Waals surface area (Å²) >= 11 is 7.92. The summed E-state index contributed by atoms with van der Waals surface area (Å²) < 4.78 is 6.59. The summed E-state index contributed by atoms with van der Waals surface area (Å²) in [5, 5.41) is 9.09. The van der Waals surface area contributed by atoms with Crippen LogP contribution < -0.4 is 0 Å². The molecule has 0 fully saturated rings. The van der Waals surface area contributed by atoms with Gasteiger partial charge in [-0.25, -0.2) is 0 Å². The highest BCUT2D eigenvalue weighted by molar-refractivity contribution is 8.02. The van der Waals surface area contributed by atoms with Crippen LogP contribution in [-0.4, -0.2) is 30.8 Å². The molecule has 0 atom stereocenters. The molecular formula is C16H25ClN2OSSi2. The number of hydrogen-bond acceptors (Lipinski definition) is 4. The lowest BCUT2D eigenvalue weighted by molar-refractivity contribution is 0.528. The summed E-state index contributed by atoms with van der Waals surface area (Å²) in [6, 6.07) is 7.48. The second-order valence-corrected chi connectivity index (χ2v) is 21.5. The molecule has 23 heavy (non-hydrogen) atoms. The van der Waals surface area contributed by atoms with Crippen molar-refractivity contribution in [2.75, 3.05) is 0 Å².